The van der Waals surface area contributed by atoms with Gasteiger partial charge in [0.2, 0.25) is 0 Å². The number of rotatable bonds is 3. The molecule has 0 aliphatic carbocycles. The highest BCUT2D eigenvalue weighted by atomic mass is 35.5. The van der Waals surface area contributed by atoms with E-state index in [0.29, 0.717) is 21.8 Å². The second-order valence-electron chi connectivity index (χ2n) is 6.93. The summed E-state index contributed by atoms with van der Waals surface area (Å²) in [4.78, 5) is 27.5. The molecule has 144 valence electrons. The third-order valence-electron chi connectivity index (χ3n) is 4.96. The number of aryl methyl sites for hydroxylation is 1. The van der Waals surface area contributed by atoms with Crippen molar-refractivity contribution in [2.24, 2.45) is 0 Å². The van der Waals surface area contributed by atoms with E-state index in [0.717, 1.165) is 5.56 Å². The zero-order valence-electron chi connectivity index (χ0n) is 15.7. The summed E-state index contributed by atoms with van der Waals surface area (Å²) < 4.78 is 0. The van der Waals surface area contributed by atoms with Gasteiger partial charge in [-0.05, 0) is 42.3 Å². The van der Waals surface area contributed by atoms with Crippen LogP contribution in [0.3, 0.4) is 0 Å². The van der Waals surface area contributed by atoms with Crippen molar-refractivity contribution in [3.63, 3.8) is 0 Å². The third-order valence-corrected chi connectivity index (χ3v) is 5.21. The van der Waals surface area contributed by atoms with E-state index in [1.54, 1.807) is 54.6 Å². The van der Waals surface area contributed by atoms with Gasteiger partial charge in [-0.25, -0.2) is 0 Å². The topological polar surface area (TPSA) is 57.6 Å². The van der Waals surface area contributed by atoms with Gasteiger partial charge in [0.05, 0.1) is 11.6 Å². The molecule has 1 atom stereocenters. The molecule has 5 heteroatoms. The van der Waals surface area contributed by atoms with Crippen LogP contribution in [0.1, 0.15) is 22.7 Å². The molecule has 0 aromatic heterocycles. The van der Waals surface area contributed by atoms with E-state index in [9.17, 15) is 14.7 Å². The van der Waals surface area contributed by atoms with Crippen molar-refractivity contribution in [1.29, 1.82) is 0 Å². The van der Waals surface area contributed by atoms with Crippen molar-refractivity contribution in [2.45, 2.75) is 13.0 Å². The van der Waals surface area contributed by atoms with E-state index in [1.165, 1.54) is 4.90 Å². The van der Waals surface area contributed by atoms with Gasteiger partial charge in [0.1, 0.15) is 5.76 Å². The summed E-state index contributed by atoms with van der Waals surface area (Å²) in [5, 5.41) is 11.5. The second-order valence-corrected chi connectivity index (χ2v) is 7.36. The number of benzene rings is 3. The molecule has 1 saturated heterocycles. The van der Waals surface area contributed by atoms with Gasteiger partial charge in [0, 0.05) is 16.3 Å². The van der Waals surface area contributed by atoms with Gasteiger partial charge < -0.3 is 5.11 Å². The summed E-state index contributed by atoms with van der Waals surface area (Å²) in [6.07, 6.45) is 0. The summed E-state index contributed by atoms with van der Waals surface area (Å²) in [6.45, 7) is 1.92. The minimum absolute atomic E-state index is 0.0602. The van der Waals surface area contributed by atoms with Crippen LogP contribution in [0.4, 0.5) is 5.69 Å². The number of hydrogen-bond acceptors (Lipinski definition) is 3. The van der Waals surface area contributed by atoms with Crippen molar-refractivity contribution in [3.8, 4) is 0 Å². The Morgan fingerprint density at radius 3 is 2.28 bits per heavy atom. The number of amides is 1. The molecular formula is C24H18ClNO3. The third kappa shape index (κ3) is 3.43. The predicted octanol–water partition coefficient (Wildman–Crippen LogP) is 5.27. The molecule has 0 bridgehead atoms. The minimum atomic E-state index is -0.755. The fourth-order valence-electron chi connectivity index (χ4n) is 3.59. The van der Waals surface area contributed by atoms with E-state index in [2.05, 4.69) is 0 Å². The normalized spacial score (nSPS) is 18.3. The molecule has 1 N–H and O–H groups in total. The summed E-state index contributed by atoms with van der Waals surface area (Å²) in [6, 6.07) is 22.3. The first-order chi connectivity index (χ1) is 14.0. The Hall–Kier alpha value is -3.37. The molecule has 0 unspecified atom stereocenters. The average Bonchev–Trinajstić information content (AvgIpc) is 2.99. The van der Waals surface area contributed by atoms with E-state index in [4.69, 9.17) is 11.6 Å². The number of hydrogen-bond donors (Lipinski definition) is 1. The molecule has 4 nitrogen and oxygen atoms in total. The molecule has 0 radical (unpaired) electrons. The number of aliphatic hydroxyl groups is 1. The van der Waals surface area contributed by atoms with Gasteiger partial charge in [-0.1, -0.05) is 66.2 Å². The first-order valence-corrected chi connectivity index (χ1v) is 9.53. The van der Waals surface area contributed by atoms with Crippen LogP contribution in [-0.2, 0) is 9.59 Å². The van der Waals surface area contributed by atoms with E-state index in [1.807, 2.05) is 31.2 Å². The highest BCUT2D eigenvalue weighted by Gasteiger charge is 2.46. The summed E-state index contributed by atoms with van der Waals surface area (Å²) in [5.74, 6) is -1.58. The Morgan fingerprint density at radius 2 is 1.62 bits per heavy atom. The lowest BCUT2D eigenvalue weighted by molar-refractivity contribution is -0.132. The number of ketones is 1. The fraction of sp³-hybridized carbons (Fsp3) is 0.0833. The van der Waals surface area contributed by atoms with Crippen molar-refractivity contribution in [3.05, 3.63) is 106 Å². The van der Waals surface area contributed by atoms with Crippen molar-refractivity contribution < 1.29 is 14.7 Å². The monoisotopic (exact) mass is 403 g/mol. The Kier molecular flexibility index (Phi) is 4.95. The number of Topliss-reactive ketones (excluding diaryl/α,β-unsaturated/α-hetero) is 1. The Morgan fingerprint density at radius 1 is 0.931 bits per heavy atom. The van der Waals surface area contributed by atoms with Gasteiger partial charge in [-0.2, -0.15) is 0 Å². The largest absolute Gasteiger partial charge is 0.507 e. The van der Waals surface area contributed by atoms with E-state index in [-0.39, 0.29) is 11.3 Å². The van der Waals surface area contributed by atoms with Crippen LogP contribution in [0.25, 0.3) is 5.76 Å². The molecule has 1 heterocycles. The van der Waals surface area contributed by atoms with Crippen LogP contribution in [0.15, 0.2) is 84.4 Å². The molecule has 1 amide bonds. The zero-order valence-corrected chi connectivity index (χ0v) is 16.4. The molecule has 29 heavy (non-hydrogen) atoms. The number of carbonyl (C=O) groups excluding carboxylic acids is 2. The Balaban J connectivity index is 1.96. The summed E-state index contributed by atoms with van der Waals surface area (Å²) in [5.41, 5.74) is 2.78. The van der Waals surface area contributed by atoms with Crippen molar-refractivity contribution in [1.82, 2.24) is 0 Å². The highest BCUT2D eigenvalue weighted by Crippen LogP contribution is 2.42. The maximum atomic E-state index is 13.0. The van der Waals surface area contributed by atoms with Crippen LogP contribution in [0.2, 0.25) is 5.02 Å². The van der Waals surface area contributed by atoms with Gasteiger partial charge in [-0.15, -0.1) is 0 Å². The molecule has 1 fully saturated rings. The molecule has 0 spiro atoms. The van der Waals surface area contributed by atoms with Crippen molar-refractivity contribution >= 4 is 34.7 Å². The lowest BCUT2D eigenvalue weighted by Crippen LogP contribution is -2.29. The maximum absolute atomic E-state index is 13.0. The van der Waals surface area contributed by atoms with E-state index >= 15 is 0 Å². The molecule has 0 saturated carbocycles. The molecular weight excluding hydrogens is 386 g/mol. The molecule has 1 aliphatic heterocycles. The molecule has 3 aromatic rings. The lowest BCUT2D eigenvalue weighted by Gasteiger charge is -2.25. The minimum Gasteiger partial charge on any atom is -0.507 e. The van der Waals surface area contributed by atoms with Crippen LogP contribution in [-0.4, -0.2) is 16.8 Å². The quantitative estimate of drug-likeness (QED) is 0.368. The molecule has 3 aromatic carbocycles. The Labute approximate surface area is 173 Å². The predicted molar refractivity (Wildman–Crippen MR) is 114 cm³/mol. The number of carbonyl (C=O) groups is 2. The average molecular weight is 404 g/mol. The molecule has 1 aliphatic rings. The van der Waals surface area contributed by atoms with Crippen LogP contribution < -0.4 is 4.90 Å². The smallest absolute Gasteiger partial charge is 0.300 e. The van der Waals surface area contributed by atoms with E-state index < -0.39 is 17.7 Å². The zero-order chi connectivity index (χ0) is 20.5. The lowest BCUT2D eigenvalue weighted by atomic mass is 9.95. The summed E-state index contributed by atoms with van der Waals surface area (Å²) >= 11 is 6.04. The first kappa shape index (κ1) is 19.0. The maximum Gasteiger partial charge on any atom is 0.300 e. The van der Waals surface area contributed by atoms with Crippen LogP contribution in [0.5, 0.6) is 0 Å². The standard InChI is InChI=1S/C24H18ClNO3/c1-15-6-5-9-19(14-15)26-21(16-10-12-18(25)13-11-16)20(23(28)24(26)29)22(27)17-7-3-2-4-8-17/h2-14,21,27H,1H3/b22-20+/t21-/m0/s1. The fourth-order valence-corrected chi connectivity index (χ4v) is 3.71. The van der Waals surface area contributed by atoms with Gasteiger partial charge in [-0.3, -0.25) is 14.5 Å². The SMILES string of the molecule is Cc1cccc(N2C(=O)C(=O)/C(=C(/O)c3ccccc3)[C@@H]2c2ccc(Cl)cc2)c1. The number of halogens is 1. The van der Waals surface area contributed by atoms with Crippen LogP contribution in [0, 0.1) is 6.92 Å². The molecule has 4 rings (SSSR count). The van der Waals surface area contributed by atoms with Gasteiger partial charge in [0.25, 0.3) is 11.7 Å². The van der Waals surface area contributed by atoms with Gasteiger partial charge in [0.15, 0.2) is 0 Å². The second kappa shape index (κ2) is 7.57. The first-order valence-electron chi connectivity index (χ1n) is 9.16. The van der Waals surface area contributed by atoms with Gasteiger partial charge >= 0.3 is 0 Å². The van der Waals surface area contributed by atoms with Crippen LogP contribution >= 0.6 is 11.6 Å². The number of nitrogens with zero attached hydrogens (tertiary/aromatic N) is 1. The Bertz CT molecular complexity index is 1120. The van der Waals surface area contributed by atoms with Crippen molar-refractivity contribution in [2.75, 3.05) is 4.90 Å². The highest BCUT2D eigenvalue weighted by molar-refractivity contribution is 6.51. The number of aliphatic hydroxyl groups excluding tert-OH is 1. The number of anilines is 1. The summed E-state index contributed by atoms with van der Waals surface area (Å²) in [7, 11) is 0.